The molecule has 0 aromatic heterocycles. The van der Waals surface area contributed by atoms with Crippen molar-refractivity contribution in [2.24, 2.45) is 0 Å². The number of carbonyl (C=O) groups is 2. The molecule has 1 amide bonds. The molecule has 2 atom stereocenters. The molecular weight excluding hydrogens is 274 g/mol. The van der Waals surface area contributed by atoms with Gasteiger partial charge in [0.05, 0.1) is 12.1 Å². The summed E-state index contributed by atoms with van der Waals surface area (Å²) in [4.78, 5) is 22.2. The number of nitrogens with zero attached hydrogens (tertiary/aromatic N) is 1. The lowest BCUT2D eigenvalue weighted by Crippen LogP contribution is -2.54. The van der Waals surface area contributed by atoms with Crippen LogP contribution in [0.5, 0.6) is 0 Å². The van der Waals surface area contributed by atoms with E-state index in [2.05, 4.69) is 0 Å². The van der Waals surface area contributed by atoms with Gasteiger partial charge in [-0.2, -0.15) is 0 Å². The van der Waals surface area contributed by atoms with Crippen molar-refractivity contribution in [3.05, 3.63) is 0 Å². The molecule has 0 radical (unpaired) electrons. The van der Waals surface area contributed by atoms with E-state index in [1.165, 1.54) is 0 Å². The minimum atomic E-state index is -3.80. The topological polar surface area (TPSA) is 77.8 Å². The molecule has 9 heteroatoms. The molecule has 1 heterocycles. The van der Waals surface area contributed by atoms with Crippen LogP contribution in [0.3, 0.4) is 0 Å². The van der Waals surface area contributed by atoms with Crippen molar-refractivity contribution in [1.29, 1.82) is 0 Å². The monoisotopic (exact) mass is 285 g/mol. The first-order chi connectivity index (χ1) is 8.52. The first-order valence-electron chi connectivity index (χ1n) is 5.50. The number of carbonyl (C=O) groups excluding carboxylic acids is 1. The van der Waals surface area contributed by atoms with E-state index in [4.69, 9.17) is 5.11 Å². The molecule has 1 spiro atoms. The molecule has 19 heavy (non-hydrogen) atoms. The summed E-state index contributed by atoms with van der Waals surface area (Å²) in [7, 11) is 0. The van der Waals surface area contributed by atoms with Gasteiger partial charge in [-0.3, -0.25) is 4.79 Å². The van der Waals surface area contributed by atoms with Crippen molar-refractivity contribution in [3.63, 3.8) is 0 Å². The second kappa shape index (κ2) is 3.81. The molecular formula is C10H11F4NO4. The highest BCUT2D eigenvalue weighted by Gasteiger charge is 2.69. The number of likely N-dealkylation sites (tertiary alicyclic amines) is 1. The number of carboxylic acids is 1. The fraction of sp³-hybridized carbons (Fsp3) is 0.800. The van der Waals surface area contributed by atoms with Crippen molar-refractivity contribution >= 4 is 11.9 Å². The average Bonchev–Trinajstić information content (AvgIpc) is 2.69. The third-order valence-corrected chi connectivity index (χ3v) is 3.73. The van der Waals surface area contributed by atoms with E-state index in [0.717, 1.165) is 0 Å². The molecule has 0 aromatic rings. The van der Waals surface area contributed by atoms with Gasteiger partial charge in [0.15, 0.2) is 0 Å². The molecule has 2 N–H and O–H groups in total. The predicted molar refractivity (Wildman–Crippen MR) is 51.8 cm³/mol. The van der Waals surface area contributed by atoms with E-state index in [-0.39, 0.29) is 4.90 Å². The number of aliphatic hydroxyl groups excluding tert-OH is 1. The van der Waals surface area contributed by atoms with Crippen molar-refractivity contribution < 1.29 is 37.4 Å². The summed E-state index contributed by atoms with van der Waals surface area (Å²) in [6, 6.07) is 0. The largest absolute Gasteiger partial charge is 0.474 e. The molecule has 1 saturated carbocycles. The Morgan fingerprint density at radius 1 is 1.16 bits per heavy atom. The fourth-order valence-corrected chi connectivity index (χ4v) is 2.87. The molecule has 2 unspecified atom stereocenters. The summed E-state index contributed by atoms with van der Waals surface area (Å²) >= 11 is 0. The maximum Gasteiger partial charge on any atom is 0.394 e. The Morgan fingerprint density at radius 3 is 2.16 bits per heavy atom. The Labute approximate surface area is 104 Å². The minimum absolute atomic E-state index is 0.181. The Hall–Kier alpha value is -1.38. The Balaban J connectivity index is 2.42. The Bertz CT molecular complexity index is 441. The number of alkyl halides is 4. The fourth-order valence-electron chi connectivity index (χ4n) is 2.87. The van der Waals surface area contributed by atoms with Gasteiger partial charge >= 0.3 is 11.9 Å². The normalized spacial score (nSPS) is 35.8. The van der Waals surface area contributed by atoms with Gasteiger partial charge in [-0.15, -0.1) is 0 Å². The zero-order chi connectivity index (χ0) is 14.6. The summed E-state index contributed by atoms with van der Waals surface area (Å²) in [6.45, 7) is -1.37. The molecule has 108 valence electrons. The lowest BCUT2D eigenvalue weighted by molar-refractivity contribution is -0.160. The van der Waals surface area contributed by atoms with Gasteiger partial charge < -0.3 is 15.1 Å². The van der Waals surface area contributed by atoms with Crippen LogP contribution in [0.2, 0.25) is 0 Å². The summed E-state index contributed by atoms with van der Waals surface area (Å²) < 4.78 is 53.5. The molecule has 1 aliphatic heterocycles. The SMILES string of the molecule is O=C(O)C(=O)N1CC(F)(F)C(O)C12CCC(F)(F)C2. The number of carboxylic acid groups (broad SMARTS) is 1. The van der Waals surface area contributed by atoms with Crippen molar-refractivity contribution in [2.45, 2.75) is 42.8 Å². The van der Waals surface area contributed by atoms with E-state index < -0.39 is 61.2 Å². The van der Waals surface area contributed by atoms with Crippen LogP contribution in [0.1, 0.15) is 19.3 Å². The van der Waals surface area contributed by atoms with E-state index >= 15 is 0 Å². The van der Waals surface area contributed by atoms with Crippen LogP contribution in [0.25, 0.3) is 0 Å². The average molecular weight is 285 g/mol. The third-order valence-electron chi connectivity index (χ3n) is 3.73. The first-order valence-corrected chi connectivity index (χ1v) is 5.50. The molecule has 1 aliphatic carbocycles. The number of hydrogen-bond donors (Lipinski definition) is 2. The van der Waals surface area contributed by atoms with Gasteiger partial charge in [0.25, 0.3) is 11.8 Å². The molecule has 2 aliphatic rings. The van der Waals surface area contributed by atoms with Crippen LogP contribution in [-0.2, 0) is 9.59 Å². The lowest BCUT2D eigenvalue weighted by Gasteiger charge is -2.35. The molecule has 1 saturated heterocycles. The van der Waals surface area contributed by atoms with Gasteiger partial charge in [-0.25, -0.2) is 22.4 Å². The number of aliphatic hydroxyl groups is 1. The van der Waals surface area contributed by atoms with Crippen LogP contribution in [0.4, 0.5) is 17.6 Å². The van der Waals surface area contributed by atoms with Crippen LogP contribution in [0.15, 0.2) is 0 Å². The summed E-state index contributed by atoms with van der Waals surface area (Å²) in [5, 5.41) is 18.1. The van der Waals surface area contributed by atoms with E-state index in [0.29, 0.717) is 0 Å². The number of rotatable bonds is 0. The van der Waals surface area contributed by atoms with Crippen molar-refractivity contribution in [3.8, 4) is 0 Å². The first kappa shape index (κ1) is 14.0. The van der Waals surface area contributed by atoms with Gasteiger partial charge in [0.1, 0.15) is 6.10 Å². The van der Waals surface area contributed by atoms with Crippen LogP contribution in [0, 0.1) is 0 Å². The van der Waals surface area contributed by atoms with Crippen LogP contribution >= 0.6 is 0 Å². The lowest BCUT2D eigenvalue weighted by atomic mass is 9.89. The number of amides is 1. The highest BCUT2D eigenvalue weighted by molar-refractivity contribution is 6.31. The zero-order valence-corrected chi connectivity index (χ0v) is 9.58. The Kier molecular flexibility index (Phi) is 2.82. The van der Waals surface area contributed by atoms with E-state index in [9.17, 15) is 32.3 Å². The molecule has 5 nitrogen and oxygen atoms in total. The molecule has 2 fully saturated rings. The Morgan fingerprint density at radius 2 is 1.74 bits per heavy atom. The second-order valence-corrected chi connectivity index (χ2v) is 5.00. The van der Waals surface area contributed by atoms with Crippen LogP contribution in [-0.4, -0.2) is 57.0 Å². The predicted octanol–water partition coefficient (Wildman–Crippen LogP) is 0.467. The number of halogens is 4. The van der Waals surface area contributed by atoms with Crippen molar-refractivity contribution in [2.75, 3.05) is 6.54 Å². The van der Waals surface area contributed by atoms with Gasteiger partial charge in [-0.05, 0) is 6.42 Å². The zero-order valence-electron chi connectivity index (χ0n) is 9.58. The van der Waals surface area contributed by atoms with Gasteiger partial charge in [0.2, 0.25) is 0 Å². The van der Waals surface area contributed by atoms with Gasteiger partial charge in [-0.1, -0.05) is 0 Å². The second-order valence-electron chi connectivity index (χ2n) is 5.00. The van der Waals surface area contributed by atoms with Crippen LogP contribution < -0.4 is 0 Å². The summed E-state index contributed by atoms with van der Waals surface area (Å²) in [6.07, 6.45) is -4.98. The maximum absolute atomic E-state index is 13.5. The highest BCUT2D eigenvalue weighted by atomic mass is 19.3. The number of hydrogen-bond acceptors (Lipinski definition) is 3. The smallest absolute Gasteiger partial charge is 0.394 e. The number of aliphatic carboxylic acids is 1. The molecule has 0 aromatic carbocycles. The quantitative estimate of drug-likeness (QED) is 0.501. The molecule has 0 bridgehead atoms. The summed E-state index contributed by atoms with van der Waals surface area (Å²) in [5.41, 5.74) is -2.21. The minimum Gasteiger partial charge on any atom is -0.474 e. The standard InChI is InChI=1S/C10H11F4NO4/c11-9(12)2-1-8(3-9)7(19)10(13,14)4-15(8)5(16)6(17)18/h7,19H,1-4H2,(H,17,18). The van der Waals surface area contributed by atoms with E-state index in [1.807, 2.05) is 0 Å². The molecule has 2 rings (SSSR count). The van der Waals surface area contributed by atoms with E-state index in [1.54, 1.807) is 0 Å². The maximum atomic E-state index is 13.5. The third kappa shape index (κ3) is 1.96. The summed E-state index contributed by atoms with van der Waals surface area (Å²) in [5.74, 6) is -10.8. The van der Waals surface area contributed by atoms with Gasteiger partial charge in [0, 0.05) is 12.8 Å². The highest BCUT2D eigenvalue weighted by Crippen LogP contribution is 2.53. The van der Waals surface area contributed by atoms with Crippen molar-refractivity contribution in [1.82, 2.24) is 4.90 Å².